The number of nitrogens with one attached hydrogen (secondary N) is 2. The molecule has 1 atom stereocenters. The number of halogens is 1. The molecule has 0 spiro atoms. The zero-order valence-corrected chi connectivity index (χ0v) is 25.8. The van der Waals surface area contributed by atoms with E-state index in [2.05, 4.69) is 15.4 Å². The number of likely N-dealkylation sites (tertiary alicyclic amines) is 1. The first-order valence-electron chi connectivity index (χ1n) is 14.7. The topological polar surface area (TPSA) is 141 Å². The van der Waals surface area contributed by atoms with E-state index < -0.39 is 41.1 Å². The molecule has 12 nitrogen and oxygen atoms in total. The van der Waals surface area contributed by atoms with Gasteiger partial charge >= 0.3 is 12.2 Å². The number of amides is 3. The van der Waals surface area contributed by atoms with Gasteiger partial charge in [-0.25, -0.2) is 18.5 Å². The minimum Gasteiger partial charge on any atom is -0.453 e. The summed E-state index contributed by atoms with van der Waals surface area (Å²) in [7, 11) is 1.17. The molecule has 1 aliphatic rings. The van der Waals surface area contributed by atoms with Crippen LogP contribution in [0.4, 0.5) is 19.7 Å². The van der Waals surface area contributed by atoms with Crippen molar-refractivity contribution in [2.45, 2.75) is 64.6 Å². The molecule has 3 amide bonds. The fourth-order valence-electron chi connectivity index (χ4n) is 4.99. The molecule has 1 fully saturated rings. The third-order valence-corrected chi connectivity index (χ3v) is 7.12. The van der Waals surface area contributed by atoms with E-state index in [-0.39, 0.29) is 24.6 Å². The van der Waals surface area contributed by atoms with E-state index in [0.29, 0.717) is 36.1 Å². The Morgan fingerprint density at radius 2 is 1.82 bits per heavy atom. The van der Waals surface area contributed by atoms with Gasteiger partial charge in [0.2, 0.25) is 11.8 Å². The molecule has 0 saturated carbocycles. The van der Waals surface area contributed by atoms with Gasteiger partial charge in [0.1, 0.15) is 23.1 Å². The molecule has 0 aliphatic carbocycles. The van der Waals surface area contributed by atoms with Crippen LogP contribution >= 0.6 is 0 Å². The summed E-state index contributed by atoms with van der Waals surface area (Å²) < 4.78 is 26.8. The van der Waals surface area contributed by atoms with Gasteiger partial charge in [-0.15, -0.1) is 0 Å². The zero-order valence-electron chi connectivity index (χ0n) is 25.8. The predicted octanol–water partition coefficient (Wildman–Crippen LogP) is 4.40. The predicted molar refractivity (Wildman–Crippen MR) is 165 cm³/mol. The van der Waals surface area contributed by atoms with Crippen LogP contribution < -0.4 is 16.2 Å². The second kappa shape index (κ2) is 14.2. The number of nitrogens with zero attached hydrogens (tertiary/aromatic N) is 3. The van der Waals surface area contributed by atoms with Crippen molar-refractivity contribution >= 4 is 40.6 Å². The summed E-state index contributed by atoms with van der Waals surface area (Å²) in [6.45, 7) is 6.50. The Balaban J connectivity index is 1.53. The molecule has 240 valence electrons. The monoisotopic (exact) mass is 623 g/mol. The third-order valence-electron chi connectivity index (χ3n) is 7.12. The van der Waals surface area contributed by atoms with Crippen LogP contribution in [-0.2, 0) is 25.6 Å². The molecule has 0 radical (unpaired) electrons. The Bertz CT molecular complexity index is 1660. The molecule has 0 bridgehead atoms. The van der Waals surface area contributed by atoms with Crippen LogP contribution in [0.15, 0.2) is 59.5 Å². The van der Waals surface area contributed by atoms with Gasteiger partial charge in [-0.2, -0.15) is 0 Å². The largest absolute Gasteiger partial charge is 0.453 e. The number of hydrogen-bond acceptors (Lipinski definition) is 7. The normalized spacial score (nSPS) is 14.0. The van der Waals surface area contributed by atoms with Gasteiger partial charge in [0, 0.05) is 30.4 Å². The molecule has 0 unspecified atom stereocenters. The number of pyridine rings is 1. The summed E-state index contributed by atoms with van der Waals surface area (Å²) >= 11 is 0. The number of methoxy groups -OCH3 is 1. The Morgan fingerprint density at radius 3 is 2.51 bits per heavy atom. The maximum atomic E-state index is 14.0. The van der Waals surface area contributed by atoms with Crippen LogP contribution in [0.2, 0.25) is 0 Å². The third kappa shape index (κ3) is 8.58. The number of hydrogen-bond donors (Lipinski definition) is 2. The Kier molecular flexibility index (Phi) is 10.4. The van der Waals surface area contributed by atoms with Crippen molar-refractivity contribution in [1.82, 2.24) is 19.4 Å². The van der Waals surface area contributed by atoms with Gasteiger partial charge in [-0.3, -0.25) is 14.4 Å². The van der Waals surface area contributed by atoms with E-state index >= 15 is 0 Å². The van der Waals surface area contributed by atoms with E-state index in [0.717, 1.165) is 12.8 Å². The van der Waals surface area contributed by atoms with Gasteiger partial charge in [0.25, 0.3) is 5.56 Å². The van der Waals surface area contributed by atoms with Crippen LogP contribution in [0, 0.1) is 5.82 Å². The van der Waals surface area contributed by atoms with E-state index in [4.69, 9.17) is 4.74 Å². The maximum absolute atomic E-state index is 14.0. The van der Waals surface area contributed by atoms with E-state index in [1.807, 2.05) is 0 Å². The smallest absolute Gasteiger partial charge is 0.419 e. The lowest BCUT2D eigenvalue weighted by atomic mass is 10.1. The summed E-state index contributed by atoms with van der Waals surface area (Å²) in [5, 5.41) is 5.48. The molecule has 3 heterocycles. The van der Waals surface area contributed by atoms with Gasteiger partial charge < -0.3 is 29.6 Å². The van der Waals surface area contributed by atoms with Crippen molar-refractivity contribution < 1.29 is 33.0 Å². The number of carbonyl (C=O) groups is 4. The van der Waals surface area contributed by atoms with Crippen LogP contribution in [0.25, 0.3) is 10.9 Å². The summed E-state index contributed by atoms with van der Waals surface area (Å²) in [6, 6.07) is 7.47. The standard InChI is InChI=1S/C32H38FN5O7/c1-32(2,3)45-31(43)38-23(19-21-18-22(33)13-14-26(21)38)20-37-17-9-11-25(29(37)41)34-28(40)24(35-30(42)44-4)10-5-6-12-27(39)36-15-7-8-16-36/h6,9,11-14,17-19,24H,5,7-8,10,15-16,20H2,1-4H3,(H,34,40)(H,35,42)/b12-6+/t24-/m0/s1. The number of aromatic nitrogens is 2. The van der Waals surface area contributed by atoms with Crippen LogP contribution in [0.5, 0.6) is 0 Å². The average molecular weight is 624 g/mol. The molecule has 1 saturated heterocycles. The molecule has 45 heavy (non-hydrogen) atoms. The molecular weight excluding hydrogens is 585 g/mol. The van der Waals surface area contributed by atoms with Gasteiger partial charge in [-0.05, 0) is 88.9 Å². The Hall–Kier alpha value is -4.94. The molecule has 3 aromatic rings. The summed E-state index contributed by atoms with van der Waals surface area (Å²) in [4.78, 5) is 65.8. The van der Waals surface area contributed by atoms with E-state index in [1.54, 1.807) is 43.9 Å². The number of alkyl carbamates (subject to hydrolysis) is 1. The summed E-state index contributed by atoms with van der Waals surface area (Å²) in [6.07, 6.45) is 5.45. The summed E-state index contributed by atoms with van der Waals surface area (Å²) in [5.41, 5.74) is -0.683. The average Bonchev–Trinajstić information content (AvgIpc) is 3.63. The number of rotatable bonds is 9. The van der Waals surface area contributed by atoms with Gasteiger partial charge in [0.15, 0.2) is 0 Å². The Morgan fingerprint density at radius 1 is 1.09 bits per heavy atom. The van der Waals surface area contributed by atoms with E-state index in [1.165, 1.54) is 52.8 Å². The van der Waals surface area contributed by atoms with Crippen LogP contribution in [0.1, 0.15) is 52.1 Å². The van der Waals surface area contributed by atoms with Crippen molar-refractivity contribution in [2.75, 3.05) is 25.5 Å². The zero-order chi connectivity index (χ0) is 32.7. The molecule has 2 aromatic heterocycles. The SMILES string of the molecule is COC(=O)N[C@@H](CC/C=C/C(=O)N1CCCC1)C(=O)Nc1cccn(Cc2cc3cc(F)ccc3n2C(=O)OC(C)(C)C)c1=O. The van der Waals surface area contributed by atoms with Gasteiger partial charge in [0.05, 0.1) is 19.2 Å². The highest BCUT2D eigenvalue weighted by molar-refractivity contribution is 5.96. The van der Waals surface area contributed by atoms with Crippen molar-refractivity contribution in [2.24, 2.45) is 0 Å². The number of ether oxygens (including phenoxy) is 2. The quantitative estimate of drug-likeness (QED) is 0.337. The molecular formula is C32H38FN5O7. The van der Waals surface area contributed by atoms with Crippen molar-refractivity contribution in [3.63, 3.8) is 0 Å². The Labute approximate surface area is 259 Å². The van der Waals surface area contributed by atoms with Crippen LogP contribution in [-0.4, -0.2) is 69.9 Å². The highest BCUT2D eigenvalue weighted by Gasteiger charge is 2.24. The lowest BCUT2D eigenvalue weighted by Gasteiger charge is -2.21. The minimum atomic E-state index is -1.07. The summed E-state index contributed by atoms with van der Waals surface area (Å²) in [5.74, 6) is -1.25. The highest BCUT2D eigenvalue weighted by Crippen LogP contribution is 2.24. The first kappa shape index (κ1) is 33.0. The molecule has 4 rings (SSSR count). The fraction of sp³-hybridized carbons (Fsp3) is 0.406. The first-order chi connectivity index (χ1) is 21.4. The minimum absolute atomic E-state index is 0.0649. The second-order valence-electron chi connectivity index (χ2n) is 11.7. The van der Waals surface area contributed by atoms with Crippen LogP contribution in [0.3, 0.4) is 0 Å². The fourth-order valence-corrected chi connectivity index (χ4v) is 4.99. The van der Waals surface area contributed by atoms with Crippen molar-refractivity contribution in [3.8, 4) is 0 Å². The van der Waals surface area contributed by atoms with Gasteiger partial charge in [-0.1, -0.05) is 6.08 Å². The number of benzene rings is 1. The molecule has 1 aromatic carbocycles. The number of carbonyl (C=O) groups excluding carboxylic acids is 4. The lowest BCUT2D eigenvalue weighted by Crippen LogP contribution is -2.44. The molecule has 1 aliphatic heterocycles. The maximum Gasteiger partial charge on any atom is 0.419 e. The molecule has 2 N–H and O–H groups in total. The first-order valence-corrected chi connectivity index (χ1v) is 14.7. The number of fused-ring (bicyclic) bond motifs is 1. The lowest BCUT2D eigenvalue weighted by molar-refractivity contribution is -0.125. The number of anilines is 1. The molecule has 13 heteroatoms. The second-order valence-corrected chi connectivity index (χ2v) is 11.7. The van der Waals surface area contributed by atoms with E-state index in [9.17, 15) is 28.4 Å². The van der Waals surface area contributed by atoms with Crippen molar-refractivity contribution in [1.29, 1.82) is 0 Å². The number of allylic oxidation sites excluding steroid dienone is 1. The van der Waals surface area contributed by atoms with Crippen molar-refractivity contribution in [3.05, 3.63) is 76.6 Å². The highest BCUT2D eigenvalue weighted by atomic mass is 19.1.